The first-order valence-corrected chi connectivity index (χ1v) is 9.37. The normalized spacial score (nSPS) is 24.0. The van der Waals surface area contributed by atoms with Crippen molar-refractivity contribution in [2.45, 2.75) is 24.8 Å². The number of hydrogen-bond donors (Lipinski definition) is 1. The molecule has 26 heavy (non-hydrogen) atoms. The lowest BCUT2D eigenvalue weighted by molar-refractivity contribution is -0.134. The first-order valence-electron chi connectivity index (χ1n) is 9.37. The number of likely N-dealkylation sites (tertiary alicyclic amines) is 1. The first kappa shape index (κ1) is 17.2. The molecule has 1 aromatic carbocycles. The van der Waals surface area contributed by atoms with Crippen LogP contribution in [0.5, 0.6) is 0 Å². The molecule has 1 N–H and O–H groups in total. The zero-order chi connectivity index (χ0) is 18.1. The number of nitrogens with one attached hydrogen (secondary N) is 1. The molecule has 0 aromatic heterocycles. The van der Waals surface area contributed by atoms with Crippen LogP contribution in [-0.4, -0.2) is 72.1 Å². The molecule has 3 heterocycles. The lowest BCUT2D eigenvalue weighted by Crippen LogP contribution is -2.54. The Kier molecular flexibility index (Phi) is 4.54. The zero-order valence-corrected chi connectivity index (χ0v) is 15.3. The van der Waals surface area contributed by atoms with Crippen LogP contribution in [-0.2, 0) is 4.79 Å². The van der Waals surface area contributed by atoms with Gasteiger partial charge in [-0.15, -0.1) is 0 Å². The van der Waals surface area contributed by atoms with Crippen LogP contribution in [0.25, 0.3) is 5.57 Å². The molecule has 3 aliphatic rings. The highest BCUT2D eigenvalue weighted by atomic mass is 16.2. The second-order valence-corrected chi connectivity index (χ2v) is 7.61. The third-order valence-electron chi connectivity index (χ3n) is 5.87. The number of benzene rings is 1. The highest BCUT2D eigenvalue weighted by molar-refractivity contribution is 6.07. The van der Waals surface area contributed by atoms with E-state index in [1.54, 1.807) is 0 Å². The molecule has 3 amide bonds. The Bertz CT molecular complexity index is 723. The monoisotopic (exact) mass is 354 g/mol. The number of imide groups is 1. The van der Waals surface area contributed by atoms with Crippen LogP contribution >= 0.6 is 0 Å². The van der Waals surface area contributed by atoms with Crippen molar-refractivity contribution in [3.8, 4) is 0 Å². The van der Waals surface area contributed by atoms with Gasteiger partial charge in [0, 0.05) is 26.2 Å². The highest BCUT2D eigenvalue weighted by Crippen LogP contribution is 2.30. The number of urea groups is 1. The number of carbonyl (C=O) groups is 2. The molecule has 1 aromatic rings. The van der Waals surface area contributed by atoms with Gasteiger partial charge in [0.1, 0.15) is 5.54 Å². The van der Waals surface area contributed by atoms with Gasteiger partial charge in [0.15, 0.2) is 0 Å². The average Bonchev–Trinajstić information content (AvgIpc) is 2.90. The predicted octanol–water partition coefficient (Wildman–Crippen LogP) is 1.75. The predicted molar refractivity (Wildman–Crippen MR) is 100 cm³/mol. The second kappa shape index (κ2) is 6.85. The van der Waals surface area contributed by atoms with E-state index in [1.807, 2.05) is 6.07 Å². The molecular formula is C20H26N4O2. The summed E-state index contributed by atoms with van der Waals surface area (Å²) in [5, 5.41) is 2.98. The van der Waals surface area contributed by atoms with Gasteiger partial charge in [-0.3, -0.25) is 9.69 Å². The number of rotatable bonds is 3. The third-order valence-corrected chi connectivity index (χ3v) is 5.87. The Morgan fingerprint density at radius 2 is 1.81 bits per heavy atom. The summed E-state index contributed by atoms with van der Waals surface area (Å²) in [5.74, 6) is -0.0477. The summed E-state index contributed by atoms with van der Waals surface area (Å²) >= 11 is 0. The number of amides is 3. The summed E-state index contributed by atoms with van der Waals surface area (Å²) in [5.41, 5.74) is 1.92. The molecule has 2 saturated heterocycles. The Labute approximate surface area is 154 Å². The molecular weight excluding hydrogens is 328 g/mol. The number of carbonyl (C=O) groups excluding carboxylic acids is 2. The van der Waals surface area contributed by atoms with Gasteiger partial charge in [-0.25, -0.2) is 9.69 Å². The summed E-state index contributed by atoms with van der Waals surface area (Å²) in [7, 11) is 2.05. The standard InChI is InChI=1S/C20H26N4O2/c1-22-13-9-20(10-14-22)18(25)24(19(26)21-20)15-23-11-7-17(8-12-23)16-5-3-2-4-6-16/h2-7H,8-15H2,1H3,(H,21,26). The fraction of sp³-hybridized carbons (Fsp3) is 0.500. The first-order chi connectivity index (χ1) is 12.6. The van der Waals surface area contributed by atoms with E-state index in [0.29, 0.717) is 19.5 Å². The summed E-state index contributed by atoms with van der Waals surface area (Å²) in [6.07, 6.45) is 4.54. The van der Waals surface area contributed by atoms with Crippen LogP contribution in [0.15, 0.2) is 36.4 Å². The number of piperidine rings is 1. The van der Waals surface area contributed by atoms with Crippen LogP contribution < -0.4 is 5.32 Å². The van der Waals surface area contributed by atoms with Gasteiger partial charge in [-0.2, -0.15) is 0 Å². The molecule has 0 saturated carbocycles. The lowest BCUT2D eigenvalue weighted by Gasteiger charge is -2.35. The second-order valence-electron chi connectivity index (χ2n) is 7.61. The van der Waals surface area contributed by atoms with E-state index in [9.17, 15) is 9.59 Å². The van der Waals surface area contributed by atoms with Crippen LogP contribution in [0.4, 0.5) is 4.79 Å². The Hall–Kier alpha value is -2.18. The summed E-state index contributed by atoms with van der Waals surface area (Å²) in [4.78, 5) is 31.2. The minimum atomic E-state index is -0.676. The van der Waals surface area contributed by atoms with Gasteiger partial charge in [-0.1, -0.05) is 36.4 Å². The van der Waals surface area contributed by atoms with Gasteiger partial charge in [-0.05, 0) is 37.4 Å². The molecule has 1 spiro atoms. The van der Waals surface area contributed by atoms with Gasteiger partial charge >= 0.3 is 6.03 Å². The Morgan fingerprint density at radius 1 is 1.08 bits per heavy atom. The maximum atomic E-state index is 12.9. The van der Waals surface area contributed by atoms with E-state index in [4.69, 9.17) is 0 Å². The van der Waals surface area contributed by atoms with Gasteiger partial charge in [0.05, 0.1) is 6.67 Å². The van der Waals surface area contributed by atoms with Gasteiger partial charge < -0.3 is 10.2 Å². The fourth-order valence-corrected chi connectivity index (χ4v) is 4.10. The molecule has 6 heteroatoms. The SMILES string of the molecule is CN1CCC2(CC1)NC(=O)N(CN1CC=C(c3ccccc3)CC1)C2=O. The van der Waals surface area contributed by atoms with Crippen molar-refractivity contribution >= 4 is 17.5 Å². The highest BCUT2D eigenvalue weighted by Gasteiger charge is 2.52. The fourth-order valence-electron chi connectivity index (χ4n) is 4.10. The van der Waals surface area contributed by atoms with Crippen LogP contribution in [0.1, 0.15) is 24.8 Å². The third kappa shape index (κ3) is 3.15. The quantitative estimate of drug-likeness (QED) is 0.841. The van der Waals surface area contributed by atoms with Crippen molar-refractivity contribution in [1.82, 2.24) is 20.0 Å². The van der Waals surface area contributed by atoms with Crippen LogP contribution in [0.2, 0.25) is 0 Å². The number of nitrogens with zero attached hydrogens (tertiary/aromatic N) is 3. The minimum absolute atomic E-state index is 0.0477. The minimum Gasteiger partial charge on any atom is -0.323 e. The molecule has 0 unspecified atom stereocenters. The summed E-state index contributed by atoms with van der Waals surface area (Å²) in [6.45, 7) is 3.67. The Morgan fingerprint density at radius 3 is 2.46 bits per heavy atom. The van der Waals surface area contributed by atoms with E-state index in [2.05, 4.69) is 52.5 Å². The van der Waals surface area contributed by atoms with E-state index < -0.39 is 5.54 Å². The zero-order valence-electron chi connectivity index (χ0n) is 15.3. The van der Waals surface area contributed by atoms with Crippen molar-refractivity contribution in [2.75, 3.05) is 39.9 Å². The van der Waals surface area contributed by atoms with Gasteiger partial charge in [0.2, 0.25) is 0 Å². The van der Waals surface area contributed by atoms with E-state index in [-0.39, 0.29) is 11.9 Å². The molecule has 0 atom stereocenters. The van der Waals surface area contributed by atoms with Crippen molar-refractivity contribution in [1.29, 1.82) is 0 Å². The molecule has 0 aliphatic carbocycles. The van der Waals surface area contributed by atoms with Gasteiger partial charge in [0.25, 0.3) is 5.91 Å². The van der Waals surface area contributed by atoms with Crippen molar-refractivity contribution < 1.29 is 9.59 Å². The molecule has 0 bridgehead atoms. The van der Waals surface area contributed by atoms with E-state index in [0.717, 1.165) is 32.6 Å². The maximum Gasteiger partial charge on any atom is 0.326 e. The van der Waals surface area contributed by atoms with Crippen LogP contribution in [0.3, 0.4) is 0 Å². The van der Waals surface area contributed by atoms with Crippen molar-refractivity contribution in [2.24, 2.45) is 0 Å². The molecule has 3 aliphatic heterocycles. The van der Waals surface area contributed by atoms with E-state index in [1.165, 1.54) is 16.0 Å². The Balaban J connectivity index is 1.40. The smallest absolute Gasteiger partial charge is 0.323 e. The number of hydrogen-bond acceptors (Lipinski definition) is 4. The van der Waals surface area contributed by atoms with Crippen molar-refractivity contribution in [3.63, 3.8) is 0 Å². The van der Waals surface area contributed by atoms with Crippen LogP contribution in [0, 0.1) is 0 Å². The molecule has 138 valence electrons. The van der Waals surface area contributed by atoms with E-state index >= 15 is 0 Å². The summed E-state index contributed by atoms with van der Waals surface area (Å²) in [6, 6.07) is 10.1. The summed E-state index contributed by atoms with van der Waals surface area (Å²) < 4.78 is 0. The lowest BCUT2D eigenvalue weighted by atomic mass is 9.88. The molecule has 4 rings (SSSR count). The van der Waals surface area contributed by atoms with Crippen molar-refractivity contribution in [3.05, 3.63) is 42.0 Å². The topological polar surface area (TPSA) is 55.9 Å². The molecule has 2 fully saturated rings. The average molecular weight is 354 g/mol. The molecule has 6 nitrogen and oxygen atoms in total. The maximum absolute atomic E-state index is 12.9. The largest absolute Gasteiger partial charge is 0.326 e. The molecule has 0 radical (unpaired) electrons.